The second kappa shape index (κ2) is 10.7. The van der Waals surface area contributed by atoms with Crippen LogP contribution in [0.4, 0.5) is 5.69 Å². The van der Waals surface area contributed by atoms with Gasteiger partial charge >= 0.3 is 0 Å². The van der Waals surface area contributed by atoms with Gasteiger partial charge in [0.25, 0.3) is 0 Å². The van der Waals surface area contributed by atoms with E-state index < -0.39 is 0 Å². The molecule has 2 heterocycles. The predicted octanol–water partition coefficient (Wildman–Crippen LogP) is 2.05. The van der Waals surface area contributed by atoms with Crippen LogP contribution in [0, 0.1) is 12.8 Å². The first-order chi connectivity index (χ1) is 13.7. The molecule has 0 aliphatic carbocycles. The normalized spacial score (nSPS) is 21.2. The lowest BCUT2D eigenvalue weighted by molar-refractivity contribution is 0.181. The summed E-state index contributed by atoms with van der Waals surface area (Å²) in [6.45, 7) is 11.6. The van der Waals surface area contributed by atoms with Crippen LogP contribution >= 0.6 is 0 Å². The molecule has 1 N–H and O–H groups in total. The van der Waals surface area contributed by atoms with Crippen molar-refractivity contribution in [3.8, 4) is 0 Å². The number of aryl methyl sites for hydroxylation is 1. The fraction of sp³-hybridized carbons (Fsp3) is 0.682. The maximum absolute atomic E-state index is 5.48. The number of rotatable bonds is 7. The summed E-state index contributed by atoms with van der Waals surface area (Å²) in [4.78, 5) is 11.8. The summed E-state index contributed by atoms with van der Waals surface area (Å²) in [5, 5.41) is 3.52. The van der Waals surface area contributed by atoms with Gasteiger partial charge in [0.05, 0.1) is 6.61 Å². The van der Waals surface area contributed by atoms with Crippen LogP contribution in [-0.2, 0) is 4.74 Å². The Morgan fingerprint density at radius 1 is 1.29 bits per heavy atom. The van der Waals surface area contributed by atoms with Crippen LogP contribution in [0.1, 0.15) is 18.4 Å². The number of nitrogens with one attached hydrogen (secondary N) is 1. The molecule has 28 heavy (non-hydrogen) atoms. The molecule has 6 nitrogen and oxygen atoms in total. The molecule has 2 aliphatic heterocycles. The Morgan fingerprint density at radius 3 is 2.79 bits per heavy atom. The van der Waals surface area contributed by atoms with Crippen molar-refractivity contribution in [2.45, 2.75) is 19.8 Å². The highest BCUT2D eigenvalue weighted by molar-refractivity contribution is 5.79. The third-order valence-electron chi connectivity index (χ3n) is 5.80. The average molecular weight is 388 g/mol. The fourth-order valence-corrected chi connectivity index (χ4v) is 4.14. The summed E-state index contributed by atoms with van der Waals surface area (Å²) in [5.74, 6) is 1.63. The lowest BCUT2D eigenvalue weighted by Gasteiger charge is -2.36. The Kier molecular flexibility index (Phi) is 7.98. The van der Waals surface area contributed by atoms with Crippen molar-refractivity contribution in [2.75, 3.05) is 78.0 Å². The van der Waals surface area contributed by atoms with Crippen LogP contribution in [0.2, 0.25) is 0 Å². The fourth-order valence-electron chi connectivity index (χ4n) is 4.14. The monoisotopic (exact) mass is 387 g/mol. The molecule has 0 radical (unpaired) electrons. The highest BCUT2D eigenvalue weighted by Crippen LogP contribution is 2.18. The van der Waals surface area contributed by atoms with E-state index in [0.29, 0.717) is 5.92 Å². The van der Waals surface area contributed by atoms with Gasteiger partial charge in [0.1, 0.15) is 0 Å². The Balaban J connectivity index is 1.32. The van der Waals surface area contributed by atoms with Gasteiger partial charge in [0.15, 0.2) is 5.96 Å². The second-order valence-electron chi connectivity index (χ2n) is 8.11. The van der Waals surface area contributed by atoms with Crippen molar-refractivity contribution in [2.24, 2.45) is 10.9 Å². The molecular weight excluding hydrogens is 350 g/mol. The van der Waals surface area contributed by atoms with E-state index in [1.807, 2.05) is 7.05 Å². The largest absolute Gasteiger partial charge is 0.381 e. The van der Waals surface area contributed by atoms with Crippen LogP contribution in [0.15, 0.2) is 29.3 Å². The molecule has 1 aromatic rings. The average Bonchev–Trinajstić information content (AvgIpc) is 3.21. The number of hydrogen-bond donors (Lipinski definition) is 1. The first-order valence-electron chi connectivity index (χ1n) is 10.7. The lowest BCUT2D eigenvalue weighted by atomic mass is 10.1. The van der Waals surface area contributed by atoms with Gasteiger partial charge in [-0.3, -0.25) is 9.89 Å². The summed E-state index contributed by atoms with van der Waals surface area (Å²) in [6, 6.07) is 8.84. The summed E-state index contributed by atoms with van der Waals surface area (Å²) in [7, 11) is 3.99. The van der Waals surface area contributed by atoms with Gasteiger partial charge in [-0.1, -0.05) is 12.1 Å². The van der Waals surface area contributed by atoms with E-state index in [2.05, 4.69) is 63.2 Å². The van der Waals surface area contributed by atoms with Crippen molar-refractivity contribution in [3.05, 3.63) is 29.8 Å². The summed E-state index contributed by atoms with van der Waals surface area (Å²) < 4.78 is 5.48. The molecule has 0 amide bonds. The zero-order valence-electron chi connectivity index (χ0n) is 17.9. The van der Waals surface area contributed by atoms with Crippen LogP contribution < -0.4 is 10.2 Å². The van der Waals surface area contributed by atoms with Crippen molar-refractivity contribution < 1.29 is 4.74 Å². The molecular formula is C22H37N5O. The molecule has 2 saturated heterocycles. The Hall–Kier alpha value is -1.79. The Morgan fingerprint density at radius 2 is 2.11 bits per heavy atom. The predicted molar refractivity (Wildman–Crippen MR) is 117 cm³/mol. The maximum atomic E-state index is 5.48. The molecule has 3 rings (SSSR count). The van der Waals surface area contributed by atoms with E-state index >= 15 is 0 Å². The van der Waals surface area contributed by atoms with Crippen LogP contribution in [-0.4, -0.2) is 88.9 Å². The SMILES string of the molecule is CN=C(NCCCN1CCN(c2cccc(C)c2)CC1)N(C)CC1CCOC1. The van der Waals surface area contributed by atoms with Crippen molar-refractivity contribution in [1.82, 2.24) is 15.1 Å². The van der Waals surface area contributed by atoms with Crippen molar-refractivity contribution >= 4 is 11.6 Å². The van der Waals surface area contributed by atoms with Gasteiger partial charge in [0, 0.05) is 71.6 Å². The van der Waals surface area contributed by atoms with E-state index in [4.69, 9.17) is 4.74 Å². The standard InChI is InChI=1S/C22H37N5O/c1-19-6-4-7-21(16-19)27-13-11-26(12-14-27)10-5-9-24-22(23-2)25(3)17-20-8-15-28-18-20/h4,6-7,16,20H,5,8-15,17-18H2,1-3H3,(H,23,24). The third-order valence-corrected chi connectivity index (χ3v) is 5.80. The molecule has 2 aliphatic rings. The summed E-state index contributed by atoms with van der Waals surface area (Å²) in [6.07, 6.45) is 2.31. The van der Waals surface area contributed by atoms with Gasteiger partial charge in [-0.25, -0.2) is 0 Å². The number of nitrogens with zero attached hydrogens (tertiary/aromatic N) is 4. The lowest BCUT2D eigenvalue weighted by Crippen LogP contribution is -2.47. The highest BCUT2D eigenvalue weighted by Gasteiger charge is 2.19. The first-order valence-corrected chi connectivity index (χ1v) is 10.7. The van der Waals surface area contributed by atoms with Gasteiger partial charge in [-0.15, -0.1) is 0 Å². The Bertz CT molecular complexity index is 621. The number of anilines is 1. The van der Waals surface area contributed by atoms with E-state index in [0.717, 1.165) is 77.8 Å². The van der Waals surface area contributed by atoms with Gasteiger partial charge in [-0.05, 0) is 44.0 Å². The third kappa shape index (κ3) is 6.11. The Labute approximate surface area is 170 Å². The number of ether oxygens (including phenoxy) is 1. The van der Waals surface area contributed by atoms with E-state index in [1.165, 1.54) is 11.3 Å². The minimum Gasteiger partial charge on any atom is -0.381 e. The molecule has 156 valence electrons. The zero-order valence-corrected chi connectivity index (χ0v) is 17.9. The maximum Gasteiger partial charge on any atom is 0.193 e. The first kappa shape index (κ1) is 20.9. The van der Waals surface area contributed by atoms with E-state index in [-0.39, 0.29) is 0 Å². The highest BCUT2D eigenvalue weighted by atomic mass is 16.5. The molecule has 2 fully saturated rings. The van der Waals surface area contributed by atoms with Crippen LogP contribution in [0.5, 0.6) is 0 Å². The van der Waals surface area contributed by atoms with Crippen molar-refractivity contribution in [3.63, 3.8) is 0 Å². The number of guanidine groups is 1. The number of piperazine rings is 1. The molecule has 1 aromatic carbocycles. The molecule has 1 unspecified atom stereocenters. The minimum atomic E-state index is 0.633. The molecule has 1 atom stereocenters. The molecule has 0 bridgehead atoms. The molecule has 0 spiro atoms. The molecule has 6 heteroatoms. The van der Waals surface area contributed by atoms with E-state index in [9.17, 15) is 0 Å². The number of benzene rings is 1. The summed E-state index contributed by atoms with van der Waals surface area (Å²) in [5.41, 5.74) is 2.70. The molecule has 0 saturated carbocycles. The number of hydrogen-bond acceptors (Lipinski definition) is 4. The van der Waals surface area contributed by atoms with Crippen molar-refractivity contribution in [1.29, 1.82) is 0 Å². The van der Waals surface area contributed by atoms with E-state index in [1.54, 1.807) is 0 Å². The number of aliphatic imine (C=N–C) groups is 1. The van der Waals surface area contributed by atoms with Gasteiger partial charge in [0.2, 0.25) is 0 Å². The topological polar surface area (TPSA) is 43.3 Å². The van der Waals surface area contributed by atoms with Gasteiger partial charge < -0.3 is 19.9 Å². The zero-order chi connectivity index (χ0) is 19.8. The quantitative estimate of drug-likeness (QED) is 0.441. The minimum absolute atomic E-state index is 0.633. The smallest absolute Gasteiger partial charge is 0.193 e. The van der Waals surface area contributed by atoms with Crippen LogP contribution in [0.3, 0.4) is 0 Å². The van der Waals surface area contributed by atoms with Crippen LogP contribution in [0.25, 0.3) is 0 Å². The van der Waals surface area contributed by atoms with Gasteiger partial charge in [-0.2, -0.15) is 0 Å². The molecule has 0 aromatic heterocycles. The summed E-state index contributed by atoms with van der Waals surface area (Å²) >= 11 is 0. The second-order valence-corrected chi connectivity index (χ2v) is 8.11.